The summed E-state index contributed by atoms with van der Waals surface area (Å²) < 4.78 is 53.1. The molecule has 0 aliphatic carbocycles. The molecular weight excluding hydrogens is 547 g/mol. The highest BCUT2D eigenvalue weighted by Gasteiger charge is 2.49. The number of thioether (sulfide) groups is 1. The van der Waals surface area contributed by atoms with Crippen LogP contribution < -0.4 is 0 Å². The van der Waals surface area contributed by atoms with Gasteiger partial charge in [-0.2, -0.15) is 13.2 Å². The number of amides is 1. The van der Waals surface area contributed by atoms with E-state index < -0.39 is 29.5 Å². The second kappa shape index (κ2) is 12.1. The number of hydrogen-bond donors (Lipinski definition) is 0. The number of alkyl halides is 3. The Morgan fingerprint density at radius 3 is 2.38 bits per heavy atom. The van der Waals surface area contributed by atoms with Crippen molar-refractivity contribution >= 4 is 34.8 Å². The average Bonchev–Trinajstić information content (AvgIpc) is 3.31. The molecule has 40 heavy (non-hydrogen) atoms. The molecule has 0 spiro atoms. The van der Waals surface area contributed by atoms with E-state index in [4.69, 9.17) is 9.47 Å². The molecule has 0 unspecified atom stereocenters. The minimum atomic E-state index is -4.90. The summed E-state index contributed by atoms with van der Waals surface area (Å²) in [4.78, 5) is 45.6. The Balaban J connectivity index is 1.68. The number of ether oxygens (including phenoxy) is 2. The topological polar surface area (TPSA) is 88.5 Å². The van der Waals surface area contributed by atoms with Crippen molar-refractivity contribution in [3.63, 3.8) is 0 Å². The van der Waals surface area contributed by atoms with E-state index in [1.807, 2.05) is 13.0 Å². The second-order valence-electron chi connectivity index (χ2n) is 9.82. The summed E-state index contributed by atoms with van der Waals surface area (Å²) in [6.45, 7) is 7.78. The normalized spacial score (nSPS) is 19.7. The van der Waals surface area contributed by atoms with E-state index in [1.165, 1.54) is 6.92 Å². The number of allylic oxidation sites excluding steroid dienone is 1. The number of carbonyl (C=O) groups excluding carboxylic acids is 3. The van der Waals surface area contributed by atoms with Gasteiger partial charge in [0.15, 0.2) is 10.9 Å². The third kappa shape index (κ3) is 6.06. The number of halogens is 3. The Labute approximate surface area is 235 Å². The lowest BCUT2D eigenvalue weighted by atomic mass is 9.89. The standard InChI is InChI=1S/C28H32F3N3O5S/c1-5-38-25(36)18-9-11-33(12-10-18)21(35)14-19-15-40-27-32-24(28(29,30)31)22(26(37)39-6-2)23(34(19)27)20-13-16(3)7-8-17(20)4/h7-8,13,15,18,23H,5-6,9-12,14H2,1-4H3/t23-/m0/s1. The van der Waals surface area contributed by atoms with Gasteiger partial charge in [-0.15, -0.1) is 0 Å². The fourth-order valence-corrected chi connectivity index (χ4v) is 6.05. The summed E-state index contributed by atoms with van der Waals surface area (Å²) >= 11 is 0.984. The maximum Gasteiger partial charge on any atom is 0.434 e. The molecule has 1 fully saturated rings. The van der Waals surface area contributed by atoms with Gasteiger partial charge in [0.1, 0.15) is 0 Å². The summed E-state index contributed by atoms with van der Waals surface area (Å²) in [6.07, 6.45) is -4.05. The number of rotatable bonds is 7. The van der Waals surface area contributed by atoms with Crippen molar-refractivity contribution in [2.45, 2.75) is 59.2 Å². The number of fused-ring (bicyclic) bond motifs is 1. The number of benzene rings is 1. The average molecular weight is 580 g/mol. The summed E-state index contributed by atoms with van der Waals surface area (Å²) in [5, 5.41) is 1.65. The van der Waals surface area contributed by atoms with E-state index in [9.17, 15) is 27.6 Å². The molecule has 0 radical (unpaired) electrons. The van der Waals surface area contributed by atoms with Crippen molar-refractivity contribution < 1.29 is 37.0 Å². The molecule has 0 N–H and O–H groups in total. The predicted molar refractivity (Wildman–Crippen MR) is 144 cm³/mol. The summed E-state index contributed by atoms with van der Waals surface area (Å²) in [5.74, 6) is -1.86. The van der Waals surface area contributed by atoms with Gasteiger partial charge in [-0.05, 0) is 57.1 Å². The van der Waals surface area contributed by atoms with Crippen molar-refractivity contribution in [2.24, 2.45) is 10.9 Å². The van der Waals surface area contributed by atoms with Crippen LogP contribution in [0.3, 0.4) is 0 Å². The van der Waals surface area contributed by atoms with Gasteiger partial charge in [-0.3, -0.25) is 9.59 Å². The third-order valence-electron chi connectivity index (χ3n) is 7.10. The van der Waals surface area contributed by atoms with Crippen LogP contribution in [0.4, 0.5) is 13.2 Å². The summed E-state index contributed by atoms with van der Waals surface area (Å²) in [7, 11) is 0. The third-order valence-corrected chi connectivity index (χ3v) is 7.99. The lowest BCUT2D eigenvalue weighted by molar-refractivity contribution is -0.151. The molecule has 8 nitrogen and oxygen atoms in total. The van der Waals surface area contributed by atoms with E-state index >= 15 is 0 Å². The molecule has 1 aromatic rings. The van der Waals surface area contributed by atoms with E-state index in [2.05, 4.69) is 4.99 Å². The van der Waals surface area contributed by atoms with Crippen LogP contribution in [0.15, 0.2) is 45.6 Å². The molecule has 1 amide bonds. The number of nitrogens with zero attached hydrogens (tertiary/aromatic N) is 3. The number of aryl methyl sites for hydroxylation is 2. The fraction of sp³-hybridized carbons (Fsp3) is 0.500. The van der Waals surface area contributed by atoms with E-state index in [1.54, 1.807) is 41.2 Å². The number of amidine groups is 1. The van der Waals surface area contributed by atoms with Crippen molar-refractivity contribution in [3.8, 4) is 0 Å². The molecule has 1 aromatic carbocycles. The van der Waals surface area contributed by atoms with Crippen molar-refractivity contribution in [2.75, 3.05) is 26.3 Å². The van der Waals surface area contributed by atoms with Crippen LogP contribution in [0.5, 0.6) is 0 Å². The second-order valence-corrected chi connectivity index (χ2v) is 10.7. The molecule has 1 saturated heterocycles. The van der Waals surface area contributed by atoms with Gasteiger partial charge in [0, 0.05) is 18.8 Å². The number of aliphatic imine (C=N–C) groups is 1. The van der Waals surface area contributed by atoms with Crippen molar-refractivity contribution in [1.82, 2.24) is 9.80 Å². The maximum atomic E-state index is 14.3. The minimum Gasteiger partial charge on any atom is -0.466 e. The first-order chi connectivity index (χ1) is 19.0. The quantitative estimate of drug-likeness (QED) is 0.412. The molecular formula is C28H32F3N3O5S. The highest BCUT2D eigenvalue weighted by Crippen LogP contribution is 2.49. The van der Waals surface area contributed by atoms with Gasteiger partial charge in [0.25, 0.3) is 0 Å². The van der Waals surface area contributed by atoms with E-state index in [-0.39, 0.29) is 36.0 Å². The minimum absolute atomic E-state index is 0.0371. The largest absolute Gasteiger partial charge is 0.466 e. The Bertz CT molecular complexity index is 1280. The Morgan fingerprint density at radius 1 is 1.07 bits per heavy atom. The molecule has 216 valence electrons. The summed E-state index contributed by atoms with van der Waals surface area (Å²) in [6, 6.07) is 4.19. The molecule has 12 heteroatoms. The molecule has 0 bridgehead atoms. The lowest BCUT2D eigenvalue weighted by Gasteiger charge is -2.38. The summed E-state index contributed by atoms with van der Waals surface area (Å²) in [5.41, 5.74) is 0.521. The van der Waals surface area contributed by atoms with Crippen LogP contribution in [-0.2, 0) is 23.9 Å². The van der Waals surface area contributed by atoms with E-state index in [0.717, 1.165) is 17.3 Å². The molecule has 3 aliphatic rings. The number of piperidine rings is 1. The van der Waals surface area contributed by atoms with Crippen LogP contribution in [-0.4, -0.2) is 65.3 Å². The Morgan fingerprint density at radius 2 is 1.75 bits per heavy atom. The lowest BCUT2D eigenvalue weighted by Crippen LogP contribution is -2.43. The van der Waals surface area contributed by atoms with Gasteiger partial charge < -0.3 is 19.3 Å². The number of esters is 2. The number of likely N-dealkylation sites (tertiary alicyclic amines) is 1. The van der Waals surface area contributed by atoms with Crippen LogP contribution in [0.25, 0.3) is 0 Å². The Hall–Kier alpha value is -3.28. The van der Waals surface area contributed by atoms with Crippen LogP contribution in [0, 0.1) is 19.8 Å². The van der Waals surface area contributed by atoms with Gasteiger partial charge in [0.2, 0.25) is 5.91 Å². The van der Waals surface area contributed by atoms with Gasteiger partial charge >= 0.3 is 18.1 Å². The number of hydrogen-bond acceptors (Lipinski definition) is 8. The zero-order chi connectivity index (χ0) is 29.2. The van der Waals surface area contributed by atoms with Crippen LogP contribution in [0.1, 0.15) is 55.8 Å². The van der Waals surface area contributed by atoms with Gasteiger partial charge in [-0.25, -0.2) is 9.79 Å². The van der Waals surface area contributed by atoms with Gasteiger partial charge in [0.05, 0.1) is 37.2 Å². The molecule has 3 heterocycles. The maximum absolute atomic E-state index is 14.3. The zero-order valence-electron chi connectivity index (χ0n) is 22.8. The molecule has 0 saturated carbocycles. The first-order valence-electron chi connectivity index (χ1n) is 13.2. The van der Waals surface area contributed by atoms with Crippen molar-refractivity contribution in [3.05, 3.63) is 57.3 Å². The van der Waals surface area contributed by atoms with Crippen molar-refractivity contribution in [1.29, 1.82) is 0 Å². The monoisotopic (exact) mass is 579 g/mol. The smallest absolute Gasteiger partial charge is 0.434 e. The highest BCUT2D eigenvalue weighted by atomic mass is 32.2. The molecule has 3 aliphatic heterocycles. The molecule has 1 atom stereocenters. The predicted octanol–water partition coefficient (Wildman–Crippen LogP) is 5.18. The number of carbonyl (C=O) groups is 3. The molecule has 0 aromatic heterocycles. The molecule has 4 rings (SSSR count). The first-order valence-corrected chi connectivity index (χ1v) is 14.1. The SMILES string of the molecule is CCOC(=O)C1=C(C(F)(F)F)N=C2SC=C(CC(=O)N3CCC(C(=O)OCC)CC3)N2[C@H]1c1cc(C)ccc1C. The van der Waals surface area contributed by atoms with Crippen LogP contribution in [0.2, 0.25) is 0 Å². The Kier molecular flexibility index (Phi) is 8.96. The van der Waals surface area contributed by atoms with E-state index in [0.29, 0.717) is 49.4 Å². The zero-order valence-corrected chi connectivity index (χ0v) is 23.7. The van der Waals surface area contributed by atoms with Crippen LogP contribution >= 0.6 is 11.8 Å². The highest BCUT2D eigenvalue weighted by molar-refractivity contribution is 8.16. The first kappa shape index (κ1) is 29.7. The van der Waals surface area contributed by atoms with Gasteiger partial charge in [-0.1, -0.05) is 35.5 Å². The fourth-order valence-electron chi connectivity index (χ4n) is 5.13.